The second kappa shape index (κ2) is 6.53. The minimum absolute atomic E-state index is 0.282. The van der Waals surface area contributed by atoms with Crippen molar-refractivity contribution < 1.29 is 0 Å². The summed E-state index contributed by atoms with van der Waals surface area (Å²) >= 11 is 0. The third kappa shape index (κ3) is 4.42. The van der Waals surface area contributed by atoms with E-state index in [-0.39, 0.29) is 5.54 Å². The third-order valence-electron chi connectivity index (χ3n) is 4.90. The Bertz CT molecular complexity index is 263. The maximum atomic E-state index is 3.81. The standard InChI is InChI=1S/C15H32N4/c1-15(2,19-11-9-18(4)10-12-19)13-16-14-5-7-17(3)8-6-14/h14,16H,5-13H2,1-4H3. The summed E-state index contributed by atoms with van der Waals surface area (Å²) in [6.45, 7) is 13.2. The minimum atomic E-state index is 0.282. The Balaban J connectivity index is 1.74. The Labute approximate surface area is 119 Å². The van der Waals surface area contributed by atoms with Crippen LogP contribution in [-0.2, 0) is 0 Å². The Kier molecular flexibility index (Phi) is 5.23. The monoisotopic (exact) mass is 268 g/mol. The molecule has 1 N–H and O–H groups in total. The zero-order valence-electron chi connectivity index (χ0n) is 13.3. The maximum absolute atomic E-state index is 3.81. The van der Waals surface area contributed by atoms with Gasteiger partial charge in [-0.05, 0) is 53.9 Å². The van der Waals surface area contributed by atoms with Gasteiger partial charge in [-0.25, -0.2) is 0 Å². The number of likely N-dealkylation sites (N-methyl/N-ethyl adjacent to an activating group) is 1. The highest BCUT2D eigenvalue weighted by molar-refractivity contribution is 4.89. The average Bonchev–Trinajstić information content (AvgIpc) is 2.39. The molecule has 2 fully saturated rings. The molecule has 0 spiro atoms. The molecule has 2 saturated heterocycles. The van der Waals surface area contributed by atoms with Gasteiger partial charge in [-0.2, -0.15) is 0 Å². The van der Waals surface area contributed by atoms with Crippen LogP contribution < -0.4 is 5.32 Å². The maximum Gasteiger partial charge on any atom is 0.0278 e. The molecule has 0 aromatic carbocycles. The summed E-state index contributed by atoms with van der Waals surface area (Å²) < 4.78 is 0. The molecule has 0 aromatic rings. The third-order valence-corrected chi connectivity index (χ3v) is 4.90. The van der Waals surface area contributed by atoms with Crippen LogP contribution in [0, 0.1) is 0 Å². The van der Waals surface area contributed by atoms with Crippen molar-refractivity contribution >= 4 is 0 Å². The fraction of sp³-hybridized carbons (Fsp3) is 1.00. The average molecular weight is 268 g/mol. The number of hydrogen-bond acceptors (Lipinski definition) is 4. The van der Waals surface area contributed by atoms with Gasteiger partial charge in [0.25, 0.3) is 0 Å². The highest BCUT2D eigenvalue weighted by atomic mass is 15.3. The van der Waals surface area contributed by atoms with E-state index in [1.54, 1.807) is 0 Å². The summed E-state index contributed by atoms with van der Waals surface area (Å²) in [6.07, 6.45) is 2.60. The van der Waals surface area contributed by atoms with Crippen LogP contribution in [0.5, 0.6) is 0 Å². The van der Waals surface area contributed by atoms with Gasteiger partial charge in [0.05, 0.1) is 0 Å². The van der Waals surface area contributed by atoms with Gasteiger partial charge in [-0.1, -0.05) is 0 Å². The molecule has 2 heterocycles. The molecule has 0 bridgehead atoms. The van der Waals surface area contributed by atoms with Crippen LogP contribution in [0.25, 0.3) is 0 Å². The van der Waals surface area contributed by atoms with Gasteiger partial charge in [0.2, 0.25) is 0 Å². The lowest BCUT2D eigenvalue weighted by molar-refractivity contribution is 0.0583. The van der Waals surface area contributed by atoms with Gasteiger partial charge >= 0.3 is 0 Å². The predicted molar refractivity (Wildman–Crippen MR) is 81.7 cm³/mol. The SMILES string of the molecule is CN1CCC(NCC(C)(C)N2CCN(C)CC2)CC1. The second-order valence-corrected chi connectivity index (χ2v) is 7.06. The summed E-state index contributed by atoms with van der Waals surface area (Å²) in [5.74, 6) is 0. The van der Waals surface area contributed by atoms with Crippen molar-refractivity contribution in [2.45, 2.75) is 38.3 Å². The largest absolute Gasteiger partial charge is 0.312 e. The minimum Gasteiger partial charge on any atom is -0.312 e. The molecule has 0 atom stereocenters. The molecule has 0 aliphatic carbocycles. The van der Waals surface area contributed by atoms with Gasteiger partial charge in [0, 0.05) is 44.3 Å². The molecule has 0 radical (unpaired) electrons. The van der Waals surface area contributed by atoms with Crippen LogP contribution >= 0.6 is 0 Å². The van der Waals surface area contributed by atoms with Crippen molar-refractivity contribution in [1.82, 2.24) is 20.0 Å². The van der Waals surface area contributed by atoms with Crippen molar-refractivity contribution in [1.29, 1.82) is 0 Å². The second-order valence-electron chi connectivity index (χ2n) is 7.06. The first-order valence-corrected chi connectivity index (χ1v) is 7.83. The lowest BCUT2D eigenvalue weighted by Crippen LogP contribution is -2.58. The molecule has 0 aromatic heterocycles. The van der Waals surface area contributed by atoms with Gasteiger partial charge in [0.1, 0.15) is 0 Å². The summed E-state index contributed by atoms with van der Waals surface area (Å²) in [4.78, 5) is 7.51. The van der Waals surface area contributed by atoms with E-state index in [9.17, 15) is 0 Å². The summed E-state index contributed by atoms with van der Waals surface area (Å²) in [6, 6.07) is 0.725. The molecule has 2 aliphatic heterocycles. The van der Waals surface area contributed by atoms with E-state index in [1.165, 1.54) is 52.1 Å². The number of nitrogens with zero attached hydrogens (tertiary/aromatic N) is 3. The topological polar surface area (TPSA) is 21.8 Å². The zero-order chi connectivity index (χ0) is 13.9. The highest BCUT2D eigenvalue weighted by Crippen LogP contribution is 2.17. The smallest absolute Gasteiger partial charge is 0.0278 e. The van der Waals surface area contributed by atoms with Gasteiger partial charge in [0.15, 0.2) is 0 Å². The van der Waals surface area contributed by atoms with Crippen molar-refractivity contribution in [3.8, 4) is 0 Å². The first kappa shape index (κ1) is 15.2. The molecule has 4 heteroatoms. The number of rotatable bonds is 4. The van der Waals surface area contributed by atoms with E-state index >= 15 is 0 Å². The lowest BCUT2D eigenvalue weighted by atomic mass is 9.99. The van der Waals surface area contributed by atoms with Crippen LogP contribution in [0.2, 0.25) is 0 Å². The Morgan fingerprint density at radius 3 is 2.00 bits per heavy atom. The van der Waals surface area contributed by atoms with Crippen molar-refractivity contribution in [3.63, 3.8) is 0 Å². The van der Waals surface area contributed by atoms with Crippen molar-refractivity contribution in [2.75, 3.05) is 59.9 Å². The normalized spacial score (nSPS) is 25.9. The fourth-order valence-corrected chi connectivity index (χ4v) is 3.13. The summed E-state index contributed by atoms with van der Waals surface area (Å²) in [5.41, 5.74) is 0.282. The van der Waals surface area contributed by atoms with Gasteiger partial charge in [-0.3, -0.25) is 4.90 Å². The first-order chi connectivity index (χ1) is 8.97. The number of hydrogen-bond donors (Lipinski definition) is 1. The van der Waals surface area contributed by atoms with Crippen molar-refractivity contribution in [3.05, 3.63) is 0 Å². The van der Waals surface area contributed by atoms with E-state index in [0.29, 0.717) is 0 Å². The molecule has 19 heavy (non-hydrogen) atoms. The van der Waals surface area contributed by atoms with E-state index in [1.807, 2.05) is 0 Å². The molecule has 0 unspecified atom stereocenters. The number of piperazine rings is 1. The van der Waals surface area contributed by atoms with Gasteiger partial charge in [-0.15, -0.1) is 0 Å². The molecular formula is C15H32N4. The van der Waals surface area contributed by atoms with Crippen LogP contribution in [0.4, 0.5) is 0 Å². The van der Waals surface area contributed by atoms with E-state index in [0.717, 1.165) is 12.6 Å². The molecular weight excluding hydrogens is 236 g/mol. The Morgan fingerprint density at radius 1 is 0.895 bits per heavy atom. The fourth-order valence-electron chi connectivity index (χ4n) is 3.13. The summed E-state index contributed by atoms with van der Waals surface area (Å²) in [7, 11) is 4.45. The molecule has 2 aliphatic rings. The molecule has 2 rings (SSSR count). The van der Waals surface area contributed by atoms with E-state index in [4.69, 9.17) is 0 Å². The van der Waals surface area contributed by atoms with Crippen LogP contribution in [0.1, 0.15) is 26.7 Å². The van der Waals surface area contributed by atoms with Crippen molar-refractivity contribution in [2.24, 2.45) is 0 Å². The molecule has 112 valence electrons. The molecule has 4 nitrogen and oxygen atoms in total. The summed E-state index contributed by atoms with van der Waals surface area (Å²) in [5, 5.41) is 3.81. The van der Waals surface area contributed by atoms with Crippen LogP contribution in [-0.4, -0.2) is 86.2 Å². The first-order valence-electron chi connectivity index (χ1n) is 7.83. The quantitative estimate of drug-likeness (QED) is 0.810. The Morgan fingerprint density at radius 2 is 1.42 bits per heavy atom. The molecule has 0 saturated carbocycles. The van der Waals surface area contributed by atoms with E-state index < -0.39 is 0 Å². The number of nitrogens with one attached hydrogen (secondary N) is 1. The Hall–Kier alpha value is -0.160. The number of piperidine rings is 1. The van der Waals surface area contributed by atoms with E-state index in [2.05, 4.69) is 48.0 Å². The molecule has 0 amide bonds. The predicted octanol–water partition coefficient (Wildman–Crippen LogP) is 0.696. The highest BCUT2D eigenvalue weighted by Gasteiger charge is 2.29. The van der Waals surface area contributed by atoms with Crippen LogP contribution in [0.15, 0.2) is 0 Å². The zero-order valence-corrected chi connectivity index (χ0v) is 13.3. The lowest BCUT2D eigenvalue weighted by Gasteiger charge is -2.44. The van der Waals surface area contributed by atoms with Crippen LogP contribution in [0.3, 0.4) is 0 Å². The number of likely N-dealkylation sites (tertiary alicyclic amines) is 1. The van der Waals surface area contributed by atoms with Gasteiger partial charge < -0.3 is 15.1 Å².